The molecular weight excluding hydrogens is 416 g/mol. The van der Waals surface area contributed by atoms with Gasteiger partial charge in [-0.05, 0) is 59.6 Å². The van der Waals surface area contributed by atoms with Gasteiger partial charge >= 0.3 is 0 Å². The van der Waals surface area contributed by atoms with Crippen molar-refractivity contribution in [1.29, 1.82) is 0 Å². The third kappa shape index (κ3) is 4.41. The Morgan fingerprint density at radius 3 is 2.46 bits per heavy atom. The zero-order valence-corrected chi connectivity index (χ0v) is 16.9. The molecule has 0 aliphatic rings. The second kappa shape index (κ2) is 7.73. The molecule has 0 spiro atoms. The molecule has 7 heteroatoms. The average molecular weight is 435 g/mol. The number of hydrogen-bond donors (Lipinski definition) is 1. The number of aromatic nitrogens is 1. The van der Waals surface area contributed by atoms with E-state index in [1.54, 1.807) is 24.5 Å². The Balaban J connectivity index is 1.64. The van der Waals surface area contributed by atoms with Crippen molar-refractivity contribution in [2.75, 3.05) is 6.54 Å². The maximum absolute atomic E-state index is 12.4. The van der Waals surface area contributed by atoms with E-state index in [4.69, 9.17) is 4.42 Å². The smallest absolute Gasteiger partial charge is 0.241 e. The fraction of sp³-hybridized carbons (Fsp3) is 0.211. The highest BCUT2D eigenvalue weighted by Gasteiger charge is 2.17. The molecule has 0 fully saturated rings. The van der Waals surface area contributed by atoms with Gasteiger partial charge in [-0.25, -0.2) is 18.1 Å². The Morgan fingerprint density at radius 1 is 1.08 bits per heavy atom. The topological polar surface area (TPSA) is 72.2 Å². The van der Waals surface area contributed by atoms with Crippen LogP contribution in [0.2, 0.25) is 0 Å². The molecule has 0 saturated heterocycles. The maximum Gasteiger partial charge on any atom is 0.241 e. The number of hydrogen-bond acceptors (Lipinski definition) is 4. The van der Waals surface area contributed by atoms with Crippen LogP contribution in [-0.2, 0) is 16.4 Å². The summed E-state index contributed by atoms with van der Waals surface area (Å²) in [6, 6.07) is 13.0. The summed E-state index contributed by atoms with van der Waals surface area (Å²) in [7, 11) is -3.58. The van der Waals surface area contributed by atoms with Crippen molar-refractivity contribution in [3.8, 4) is 11.5 Å². The van der Waals surface area contributed by atoms with Gasteiger partial charge in [0.1, 0.15) is 6.26 Å². The van der Waals surface area contributed by atoms with E-state index >= 15 is 0 Å². The number of aryl methyl sites for hydroxylation is 2. The van der Waals surface area contributed by atoms with Crippen LogP contribution in [0.4, 0.5) is 0 Å². The summed E-state index contributed by atoms with van der Waals surface area (Å²) in [5.41, 5.74) is 3.75. The summed E-state index contributed by atoms with van der Waals surface area (Å²) >= 11 is 3.31. The highest BCUT2D eigenvalue weighted by atomic mass is 79.9. The van der Waals surface area contributed by atoms with Crippen LogP contribution < -0.4 is 4.72 Å². The molecule has 3 aromatic rings. The third-order valence-corrected chi connectivity index (χ3v) is 6.34. The van der Waals surface area contributed by atoms with Crippen molar-refractivity contribution in [3.63, 3.8) is 0 Å². The number of oxazole rings is 1. The predicted octanol–water partition coefficient (Wildman–Crippen LogP) is 4.24. The molecular formula is C19H19BrN2O3S. The lowest BCUT2D eigenvalue weighted by molar-refractivity contribution is 0.570. The second-order valence-corrected chi connectivity index (χ2v) is 8.68. The Kier molecular flexibility index (Phi) is 5.60. The lowest BCUT2D eigenvalue weighted by Gasteiger charge is -2.08. The van der Waals surface area contributed by atoms with Gasteiger partial charge in [-0.3, -0.25) is 0 Å². The van der Waals surface area contributed by atoms with Crippen molar-refractivity contribution in [1.82, 2.24) is 9.71 Å². The van der Waals surface area contributed by atoms with Crippen LogP contribution in [0, 0.1) is 13.8 Å². The molecule has 0 bridgehead atoms. The lowest BCUT2D eigenvalue weighted by atomic mass is 10.1. The van der Waals surface area contributed by atoms with Crippen LogP contribution in [-0.4, -0.2) is 19.9 Å². The van der Waals surface area contributed by atoms with Gasteiger partial charge in [-0.2, -0.15) is 0 Å². The van der Waals surface area contributed by atoms with Gasteiger partial charge in [0, 0.05) is 23.0 Å². The number of benzene rings is 2. The zero-order valence-electron chi connectivity index (χ0n) is 14.5. The molecule has 0 radical (unpaired) electrons. The van der Waals surface area contributed by atoms with E-state index in [0.29, 0.717) is 22.5 Å². The predicted molar refractivity (Wildman–Crippen MR) is 104 cm³/mol. The molecule has 0 atom stereocenters. The highest BCUT2D eigenvalue weighted by Crippen LogP contribution is 2.23. The minimum atomic E-state index is -3.58. The summed E-state index contributed by atoms with van der Waals surface area (Å²) < 4.78 is 33.5. The van der Waals surface area contributed by atoms with E-state index < -0.39 is 10.0 Å². The molecule has 136 valence electrons. The molecule has 26 heavy (non-hydrogen) atoms. The van der Waals surface area contributed by atoms with Crippen molar-refractivity contribution in [2.24, 2.45) is 0 Å². The maximum atomic E-state index is 12.4. The Bertz CT molecular complexity index is 1010. The van der Waals surface area contributed by atoms with Crippen molar-refractivity contribution in [2.45, 2.75) is 25.2 Å². The van der Waals surface area contributed by atoms with Gasteiger partial charge in [0.2, 0.25) is 15.9 Å². The van der Waals surface area contributed by atoms with Crippen LogP contribution in [0.25, 0.3) is 11.5 Å². The molecule has 1 N–H and O–H groups in total. The first-order valence-electron chi connectivity index (χ1n) is 8.12. The molecule has 0 aliphatic carbocycles. The van der Waals surface area contributed by atoms with E-state index in [2.05, 4.69) is 25.6 Å². The van der Waals surface area contributed by atoms with Crippen LogP contribution in [0.5, 0.6) is 0 Å². The van der Waals surface area contributed by atoms with E-state index in [1.807, 2.05) is 38.1 Å². The molecule has 2 aromatic carbocycles. The Labute approximate surface area is 161 Å². The molecule has 3 rings (SSSR count). The third-order valence-electron chi connectivity index (χ3n) is 3.90. The van der Waals surface area contributed by atoms with E-state index in [1.165, 1.54) is 0 Å². The molecule has 0 aliphatic heterocycles. The zero-order chi connectivity index (χ0) is 18.7. The van der Waals surface area contributed by atoms with Gasteiger partial charge in [-0.1, -0.05) is 23.8 Å². The van der Waals surface area contributed by atoms with E-state index in [9.17, 15) is 8.42 Å². The minimum Gasteiger partial charge on any atom is -0.444 e. The fourth-order valence-electron chi connectivity index (χ4n) is 2.47. The largest absolute Gasteiger partial charge is 0.444 e. The van der Waals surface area contributed by atoms with E-state index in [-0.39, 0.29) is 11.4 Å². The molecule has 1 heterocycles. The van der Waals surface area contributed by atoms with Crippen molar-refractivity contribution in [3.05, 3.63) is 70.0 Å². The Morgan fingerprint density at radius 2 is 1.77 bits per heavy atom. The summed E-state index contributed by atoms with van der Waals surface area (Å²) in [5.74, 6) is 0.532. The van der Waals surface area contributed by atoms with Crippen LogP contribution in [0.1, 0.15) is 16.8 Å². The number of nitrogens with zero attached hydrogens (tertiary/aromatic N) is 1. The van der Waals surface area contributed by atoms with Gasteiger partial charge in [-0.15, -0.1) is 0 Å². The van der Waals surface area contributed by atoms with Gasteiger partial charge in [0.25, 0.3) is 0 Å². The number of nitrogens with one attached hydrogen (secondary N) is 1. The first kappa shape index (κ1) is 18.8. The van der Waals surface area contributed by atoms with Gasteiger partial charge < -0.3 is 4.42 Å². The average Bonchev–Trinajstić information content (AvgIpc) is 3.04. The molecule has 5 nitrogen and oxygen atoms in total. The van der Waals surface area contributed by atoms with E-state index in [0.717, 1.165) is 16.7 Å². The Hall–Kier alpha value is -1.96. The molecule has 1 aromatic heterocycles. The number of rotatable bonds is 6. The quantitative estimate of drug-likeness (QED) is 0.629. The second-order valence-electron chi connectivity index (χ2n) is 6.09. The molecule has 0 amide bonds. The molecule has 0 unspecified atom stereocenters. The number of sulfonamides is 1. The number of halogens is 1. The first-order valence-corrected chi connectivity index (χ1v) is 10.4. The lowest BCUT2D eigenvalue weighted by Crippen LogP contribution is -2.26. The highest BCUT2D eigenvalue weighted by molar-refractivity contribution is 9.10. The summed E-state index contributed by atoms with van der Waals surface area (Å²) in [6.45, 7) is 4.16. The molecule has 0 saturated carbocycles. The van der Waals surface area contributed by atoms with Crippen molar-refractivity contribution < 1.29 is 12.8 Å². The monoisotopic (exact) mass is 434 g/mol. The normalized spacial score (nSPS) is 11.7. The fourth-order valence-corrected chi connectivity index (χ4v) is 4.69. The van der Waals surface area contributed by atoms with Crippen LogP contribution in [0.15, 0.2) is 62.5 Å². The SMILES string of the molecule is Cc1ccc(-c2nc(CCNS(=O)(=O)c3ccc(C)cc3Br)co2)cc1. The first-order chi connectivity index (χ1) is 12.3. The summed E-state index contributed by atoms with van der Waals surface area (Å²) in [6.07, 6.45) is 2.00. The van der Waals surface area contributed by atoms with Crippen molar-refractivity contribution >= 4 is 26.0 Å². The standard InChI is InChI=1S/C19H19BrN2O3S/c1-13-3-6-15(7-4-13)19-22-16(12-25-19)9-10-21-26(23,24)18-8-5-14(2)11-17(18)20/h3-8,11-12,21H,9-10H2,1-2H3. The van der Waals surface area contributed by atoms with Gasteiger partial charge in [0.05, 0.1) is 10.6 Å². The minimum absolute atomic E-state index is 0.226. The summed E-state index contributed by atoms with van der Waals surface area (Å²) in [4.78, 5) is 4.65. The summed E-state index contributed by atoms with van der Waals surface area (Å²) in [5, 5.41) is 0. The van der Waals surface area contributed by atoms with Crippen LogP contribution in [0.3, 0.4) is 0 Å². The van der Waals surface area contributed by atoms with Gasteiger partial charge in [0.15, 0.2) is 0 Å². The van der Waals surface area contributed by atoms with Crippen LogP contribution >= 0.6 is 15.9 Å².